The summed E-state index contributed by atoms with van der Waals surface area (Å²) >= 11 is 5.72. The van der Waals surface area contributed by atoms with E-state index in [1.165, 1.54) is 0 Å². The van der Waals surface area contributed by atoms with E-state index < -0.39 is 6.10 Å². The molecule has 5 heteroatoms. The summed E-state index contributed by atoms with van der Waals surface area (Å²) in [6, 6.07) is 14.6. The van der Waals surface area contributed by atoms with E-state index in [4.69, 9.17) is 16.0 Å². The van der Waals surface area contributed by atoms with Crippen molar-refractivity contribution in [2.75, 3.05) is 0 Å². The van der Waals surface area contributed by atoms with Gasteiger partial charge in [-0.05, 0) is 41.9 Å². The van der Waals surface area contributed by atoms with Crippen molar-refractivity contribution in [1.29, 1.82) is 0 Å². The van der Waals surface area contributed by atoms with Crippen molar-refractivity contribution in [3.63, 3.8) is 0 Å². The molecular formula is C14H11ClN2O2. The van der Waals surface area contributed by atoms with Crippen molar-refractivity contribution >= 4 is 11.6 Å². The molecule has 0 aliphatic rings. The first-order valence-electron chi connectivity index (χ1n) is 5.78. The second kappa shape index (κ2) is 4.91. The lowest BCUT2D eigenvalue weighted by atomic mass is 10.2. The third-order valence-corrected chi connectivity index (χ3v) is 3.02. The average Bonchev–Trinajstić information content (AvgIpc) is 3.07. The maximum absolute atomic E-state index is 10.3. The molecule has 0 amide bonds. The summed E-state index contributed by atoms with van der Waals surface area (Å²) in [5.41, 5.74) is 1.50. The van der Waals surface area contributed by atoms with Gasteiger partial charge in [-0.25, -0.2) is 4.68 Å². The molecule has 4 nitrogen and oxygen atoms in total. The number of rotatable bonds is 3. The molecule has 1 unspecified atom stereocenters. The third-order valence-electron chi connectivity index (χ3n) is 2.82. The molecule has 0 radical (unpaired) electrons. The second-order valence-electron chi connectivity index (χ2n) is 4.05. The zero-order chi connectivity index (χ0) is 13.2. The Bertz CT molecular complexity index is 676. The zero-order valence-corrected chi connectivity index (χ0v) is 10.7. The normalized spacial score (nSPS) is 12.5. The molecular weight excluding hydrogens is 264 g/mol. The minimum atomic E-state index is -0.907. The van der Waals surface area contributed by atoms with E-state index in [0.29, 0.717) is 11.5 Å². The topological polar surface area (TPSA) is 51.2 Å². The SMILES string of the molecule is OC(c1ccc(Cl)o1)c1ccnn1-c1ccccc1. The molecule has 2 heterocycles. The number of aliphatic hydroxyl groups is 1. The van der Waals surface area contributed by atoms with Gasteiger partial charge in [-0.15, -0.1) is 0 Å². The molecule has 19 heavy (non-hydrogen) atoms. The lowest BCUT2D eigenvalue weighted by Gasteiger charge is -2.11. The van der Waals surface area contributed by atoms with Crippen LogP contribution in [0.5, 0.6) is 0 Å². The summed E-state index contributed by atoms with van der Waals surface area (Å²) < 4.78 is 6.90. The van der Waals surface area contributed by atoms with Gasteiger partial charge in [-0.1, -0.05) is 18.2 Å². The highest BCUT2D eigenvalue weighted by atomic mass is 35.5. The van der Waals surface area contributed by atoms with Gasteiger partial charge in [0, 0.05) is 6.20 Å². The minimum absolute atomic E-state index is 0.250. The van der Waals surface area contributed by atoms with Gasteiger partial charge in [-0.2, -0.15) is 5.10 Å². The van der Waals surface area contributed by atoms with E-state index in [1.54, 1.807) is 29.1 Å². The molecule has 3 rings (SSSR count). The Labute approximate surface area is 114 Å². The van der Waals surface area contributed by atoms with Crippen LogP contribution >= 0.6 is 11.6 Å². The fourth-order valence-electron chi connectivity index (χ4n) is 1.93. The van der Waals surface area contributed by atoms with Crippen molar-refractivity contribution in [3.8, 4) is 5.69 Å². The number of hydrogen-bond donors (Lipinski definition) is 1. The lowest BCUT2D eigenvalue weighted by Crippen LogP contribution is -2.07. The van der Waals surface area contributed by atoms with Crippen LogP contribution in [0, 0.1) is 0 Å². The molecule has 0 fully saturated rings. The molecule has 96 valence electrons. The maximum atomic E-state index is 10.3. The van der Waals surface area contributed by atoms with Crippen LogP contribution in [0.1, 0.15) is 17.6 Å². The summed E-state index contributed by atoms with van der Waals surface area (Å²) in [7, 11) is 0. The molecule has 1 atom stereocenters. The van der Waals surface area contributed by atoms with E-state index >= 15 is 0 Å². The van der Waals surface area contributed by atoms with E-state index in [-0.39, 0.29) is 5.22 Å². The minimum Gasteiger partial charge on any atom is -0.447 e. The van der Waals surface area contributed by atoms with Crippen LogP contribution in [-0.2, 0) is 0 Å². The summed E-state index contributed by atoms with van der Waals surface area (Å²) in [5, 5.41) is 14.8. The molecule has 3 aromatic rings. The number of aromatic nitrogens is 2. The quantitative estimate of drug-likeness (QED) is 0.798. The van der Waals surface area contributed by atoms with Gasteiger partial charge < -0.3 is 9.52 Å². The molecule has 0 saturated heterocycles. The van der Waals surface area contributed by atoms with Gasteiger partial charge in [0.15, 0.2) is 11.3 Å². The molecule has 1 N–H and O–H groups in total. The third kappa shape index (κ3) is 2.28. The highest BCUT2D eigenvalue weighted by Gasteiger charge is 2.19. The molecule has 0 bridgehead atoms. The monoisotopic (exact) mass is 274 g/mol. The fourth-order valence-corrected chi connectivity index (χ4v) is 2.08. The number of nitrogens with zero attached hydrogens (tertiary/aromatic N) is 2. The van der Waals surface area contributed by atoms with Crippen molar-refractivity contribution in [2.24, 2.45) is 0 Å². The summed E-state index contributed by atoms with van der Waals surface area (Å²) in [5.74, 6) is 0.391. The van der Waals surface area contributed by atoms with Crippen LogP contribution < -0.4 is 0 Å². The van der Waals surface area contributed by atoms with Crippen molar-refractivity contribution < 1.29 is 9.52 Å². The number of benzene rings is 1. The smallest absolute Gasteiger partial charge is 0.193 e. The Kier molecular flexibility index (Phi) is 3.11. The number of para-hydroxylation sites is 1. The maximum Gasteiger partial charge on any atom is 0.193 e. The van der Waals surface area contributed by atoms with Crippen molar-refractivity contribution in [3.05, 3.63) is 71.4 Å². The van der Waals surface area contributed by atoms with Crippen LogP contribution in [0.3, 0.4) is 0 Å². The highest BCUT2D eigenvalue weighted by molar-refractivity contribution is 6.28. The predicted octanol–water partition coefficient (Wildman–Crippen LogP) is 3.20. The number of halogens is 1. The number of furan rings is 1. The zero-order valence-electron chi connectivity index (χ0n) is 9.90. The van der Waals surface area contributed by atoms with E-state index in [9.17, 15) is 5.11 Å². The van der Waals surface area contributed by atoms with Crippen molar-refractivity contribution in [2.45, 2.75) is 6.10 Å². The van der Waals surface area contributed by atoms with Crippen LogP contribution in [0.4, 0.5) is 0 Å². The number of hydrogen-bond acceptors (Lipinski definition) is 3. The molecule has 0 aliphatic heterocycles. The molecule has 0 saturated carbocycles. The molecule has 0 spiro atoms. The van der Waals surface area contributed by atoms with Crippen LogP contribution in [0.2, 0.25) is 5.22 Å². The largest absolute Gasteiger partial charge is 0.447 e. The predicted molar refractivity (Wildman–Crippen MR) is 71.3 cm³/mol. The van der Waals surface area contributed by atoms with E-state index in [0.717, 1.165) is 5.69 Å². The lowest BCUT2D eigenvalue weighted by molar-refractivity contribution is 0.182. The molecule has 1 aromatic carbocycles. The molecule has 0 aliphatic carbocycles. The van der Waals surface area contributed by atoms with Gasteiger partial charge >= 0.3 is 0 Å². The first kappa shape index (κ1) is 12.0. The Balaban J connectivity index is 2.01. The summed E-state index contributed by atoms with van der Waals surface area (Å²) in [6.07, 6.45) is 0.728. The van der Waals surface area contributed by atoms with Gasteiger partial charge in [0.25, 0.3) is 0 Å². The summed E-state index contributed by atoms with van der Waals surface area (Å²) in [4.78, 5) is 0. The standard InChI is InChI=1S/C14H11ClN2O2/c15-13-7-6-12(19-13)14(18)11-8-9-16-17(11)10-4-2-1-3-5-10/h1-9,14,18H. The van der Waals surface area contributed by atoms with Crippen molar-refractivity contribution in [1.82, 2.24) is 9.78 Å². The Morgan fingerprint density at radius 2 is 1.89 bits per heavy atom. The number of aliphatic hydroxyl groups excluding tert-OH is 1. The Morgan fingerprint density at radius 1 is 1.11 bits per heavy atom. The molecule has 2 aromatic heterocycles. The highest BCUT2D eigenvalue weighted by Crippen LogP contribution is 2.26. The van der Waals surface area contributed by atoms with E-state index in [2.05, 4.69) is 5.10 Å². The fraction of sp³-hybridized carbons (Fsp3) is 0.0714. The van der Waals surface area contributed by atoms with Gasteiger partial charge in [0.2, 0.25) is 0 Å². The van der Waals surface area contributed by atoms with Gasteiger partial charge in [-0.3, -0.25) is 0 Å². The first-order chi connectivity index (χ1) is 9.25. The van der Waals surface area contributed by atoms with Crippen LogP contribution in [0.15, 0.2) is 59.1 Å². The second-order valence-corrected chi connectivity index (χ2v) is 4.42. The first-order valence-corrected chi connectivity index (χ1v) is 6.16. The summed E-state index contributed by atoms with van der Waals surface area (Å²) in [6.45, 7) is 0. The Hall–Kier alpha value is -2.04. The average molecular weight is 275 g/mol. The van der Waals surface area contributed by atoms with Gasteiger partial charge in [0.1, 0.15) is 5.76 Å². The van der Waals surface area contributed by atoms with Crippen LogP contribution in [-0.4, -0.2) is 14.9 Å². The van der Waals surface area contributed by atoms with Gasteiger partial charge in [0.05, 0.1) is 11.4 Å². The Morgan fingerprint density at radius 3 is 2.58 bits per heavy atom. The van der Waals surface area contributed by atoms with E-state index in [1.807, 2.05) is 30.3 Å². The van der Waals surface area contributed by atoms with Crippen LogP contribution in [0.25, 0.3) is 5.69 Å².